The number of nitrogens with zero attached hydrogens (tertiary/aromatic N) is 1. The summed E-state index contributed by atoms with van der Waals surface area (Å²) >= 11 is 3.53. The van der Waals surface area contributed by atoms with Crippen molar-refractivity contribution in [1.29, 1.82) is 0 Å². The van der Waals surface area contributed by atoms with Crippen LogP contribution in [-0.2, 0) is 19.6 Å². The molecule has 1 rings (SSSR count). The van der Waals surface area contributed by atoms with Crippen molar-refractivity contribution in [2.45, 2.75) is 24.7 Å². The Morgan fingerprint density at radius 2 is 1.77 bits per heavy atom. The average molecular weight is 347 g/mol. The molecule has 0 aliphatic heterocycles. The van der Waals surface area contributed by atoms with Crippen molar-refractivity contribution in [3.05, 3.63) is 29.8 Å². The number of carboxylic acids is 1. The highest BCUT2D eigenvalue weighted by molar-refractivity contribution is 7.89. The average Bonchev–Trinajstić information content (AvgIpc) is 2.49. The zero-order valence-corrected chi connectivity index (χ0v) is 14.3. The van der Waals surface area contributed by atoms with E-state index in [4.69, 9.17) is 5.11 Å². The Morgan fingerprint density at radius 3 is 2.23 bits per heavy atom. The number of carboxylic acid groups (broad SMARTS) is 1. The Morgan fingerprint density at radius 1 is 1.23 bits per heavy atom. The molecule has 0 aliphatic rings. The first-order chi connectivity index (χ1) is 10.4. The summed E-state index contributed by atoms with van der Waals surface area (Å²) in [5, 5.41) is 8.67. The van der Waals surface area contributed by atoms with E-state index in [1.165, 1.54) is 12.1 Å². The minimum atomic E-state index is -3.77. The first-order valence-corrected chi connectivity index (χ1v) is 8.88. The van der Waals surface area contributed by atoms with E-state index in [1.807, 2.05) is 6.92 Å². The quantitative estimate of drug-likeness (QED) is 0.550. The Labute approximate surface area is 136 Å². The van der Waals surface area contributed by atoms with Crippen LogP contribution in [-0.4, -0.2) is 49.4 Å². The summed E-state index contributed by atoms with van der Waals surface area (Å²) < 4.78 is 25.8. The number of carbonyl (C=O) groups is 2. The van der Waals surface area contributed by atoms with E-state index >= 15 is 0 Å². The fourth-order valence-electron chi connectivity index (χ4n) is 1.63. The number of benzene rings is 1. The van der Waals surface area contributed by atoms with Gasteiger partial charge in [0.2, 0.25) is 10.0 Å². The molecule has 0 aromatic heterocycles. The number of rotatable bonds is 8. The lowest BCUT2D eigenvalue weighted by Crippen LogP contribution is -2.34. The molecule has 0 fully saturated rings. The Balaban J connectivity index is 0.00000211. The van der Waals surface area contributed by atoms with Crippen molar-refractivity contribution in [3.63, 3.8) is 0 Å². The van der Waals surface area contributed by atoms with Crippen LogP contribution in [0, 0.1) is 6.92 Å². The Kier molecular flexibility index (Phi) is 9.71. The van der Waals surface area contributed by atoms with Crippen molar-refractivity contribution >= 4 is 34.9 Å². The molecule has 0 heterocycles. The number of aliphatic carboxylic acids is 1. The van der Waals surface area contributed by atoms with Crippen molar-refractivity contribution < 1.29 is 23.1 Å². The maximum absolute atomic E-state index is 12.4. The molecule has 0 spiro atoms. The minimum Gasteiger partial charge on any atom is -0.481 e. The van der Waals surface area contributed by atoms with E-state index in [0.29, 0.717) is 6.29 Å². The lowest BCUT2D eigenvalue weighted by atomic mass is 10.2. The lowest BCUT2D eigenvalue weighted by molar-refractivity contribution is -0.137. The van der Waals surface area contributed by atoms with E-state index in [9.17, 15) is 18.0 Å². The molecule has 1 N–H and O–H groups in total. The molecule has 0 saturated carbocycles. The third kappa shape index (κ3) is 6.59. The van der Waals surface area contributed by atoms with Gasteiger partial charge in [-0.05, 0) is 25.3 Å². The second kappa shape index (κ2) is 10.4. The van der Waals surface area contributed by atoms with Gasteiger partial charge in [0.25, 0.3) is 0 Å². The van der Waals surface area contributed by atoms with Gasteiger partial charge in [-0.15, -0.1) is 0 Å². The van der Waals surface area contributed by atoms with Crippen LogP contribution in [0.1, 0.15) is 18.4 Å². The van der Waals surface area contributed by atoms with Crippen LogP contribution in [0.25, 0.3) is 0 Å². The summed E-state index contributed by atoms with van der Waals surface area (Å²) in [6.07, 6.45) is 2.03. The molecule has 124 valence electrons. The normalized spacial score (nSPS) is 10.7. The fraction of sp³-hybridized carbons (Fsp3) is 0.429. The maximum Gasteiger partial charge on any atom is 0.304 e. The number of thiol groups is 1. The molecular weight excluding hydrogens is 326 g/mol. The molecule has 1 aromatic rings. The van der Waals surface area contributed by atoms with Gasteiger partial charge in [-0.2, -0.15) is 16.9 Å². The summed E-state index contributed by atoms with van der Waals surface area (Å²) in [6, 6.07) is 6.28. The zero-order chi connectivity index (χ0) is 17.2. The number of aryl methyl sites for hydroxylation is 1. The highest BCUT2D eigenvalue weighted by Crippen LogP contribution is 2.17. The van der Waals surface area contributed by atoms with E-state index in [0.717, 1.165) is 9.87 Å². The fourth-order valence-corrected chi connectivity index (χ4v) is 3.08. The van der Waals surface area contributed by atoms with Crippen molar-refractivity contribution in [2.24, 2.45) is 0 Å². The summed E-state index contributed by atoms with van der Waals surface area (Å²) in [5.74, 6) is -1.08. The third-order valence-electron chi connectivity index (χ3n) is 2.73. The summed E-state index contributed by atoms with van der Waals surface area (Å²) in [6.45, 7) is 1.66. The molecule has 22 heavy (non-hydrogen) atoms. The summed E-state index contributed by atoms with van der Waals surface area (Å²) in [4.78, 5) is 21.1. The largest absolute Gasteiger partial charge is 0.481 e. The number of carbonyl (C=O) groups excluding carboxylic acids is 1. The highest BCUT2D eigenvalue weighted by Gasteiger charge is 2.24. The maximum atomic E-state index is 12.4. The van der Waals surface area contributed by atoms with Crippen molar-refractivity contribution in [3.8, 4) is 0 Å². The predicted molar refractivity (Wildman–Crippen MR) is 87.8 cm³/mol. The van der Waals surface area contributed by atoms with E-state index in [1.54, 1.807) is 18.4 Å². The molecule has 1 aromatic carbocycles. The molecule has 0 bridgehead atoms. The number of hydrogen-bond donors (Lipinski definition) is 2. The molecule has 0 atom stereocenters. The molecule has 0 amide bonds. The van der Waals surface area contributed by atoms with Gasteiger partial charge >= 0.3 is 5.97 Å². The molecule has 6 nitrogen and oxygen atoms in total. The number of hydrogen-bond acceptors (Lipinski definition) is 5. The molecule has 0 saturated heterocycles. The monoisotopic (exact) mass is 347 g/mol. The van der Waals surface area contributed by atoms with Crippen LogP contribution in [0.15, 0.2) is 29.2 Å². The SMILES string of the molecule is CS.Cc1ccc(S(=O)(=O)N(CCC=O)CCC(=O)O)cc1. The predicted octanol–water partition coefficient (Wildman–Crippen LogP) is 1.60. The van der Waals surface area contributed by atoms with E-state index in [2.05, 4.69) is 12.6 Å². The zero-order valence-electron chi connectivity index (χ0n) is 12.6. The molecule has 0 aliphatic carbocycles. The van der Waals surface area contributed by atoms with Gasteiger partial charge in [-0.3, -0.25) is 4.79 Å². The second-order valence-corrected chi connectivity index (χ2v) is 6.25. The van der Waals surface area contributed by atoms with Gasteiger partial charge in [-0.1, -0.05) is 17.7 Å². The summed E-state index contributed by atoms with van der Waals surface area (Å²) in [7, 11) is -3.77. The molecule has 0 unspecified atom stereocenters. The smallest absolute Gasteiger partial charge is 0.304 e. The standard InChI is InChI=1S/C13H17NO5S.CH4S/c1-11-3-5-12(6-4-11)20(18,19)14(8-2-10-15)9-7-13(16)17;1-2/h3-6,10H,2,7-9H2,1H3,(H,16,17);2H,1H3. The van der Waals surface area contributed by atoms with E-state index in [-0.39, 0.29) is 30.8 Å². The number of sulfonamides is 1. The van der Waals surface area contributed by atoms with Crippen LogP contribution in [0.2, 0.25) is 0 Å². The Bertz CT molecular complexity index is 569. The molecular formula is C14H21NO5S2. The first-order valence-electron chi connectivity index (χ1n) is 6.55. The second-order valence-electron chi connectivity index (χ2n) is 4.32. The van der Waals surface area contributed by atoms with Crippen LogP contribution < -0.4 is 0 Å². The molecule has 8 heteroatoms. The van der Waals surface area contributed by atoms with Gasteiger partial charge in [0.1, 0.15) is 6.29 Å². The van der Waals surface area contributed by atoms with E-state index < -0.39 is 16.0 Å². The van der Waals surface area contributed by atoms with Crippen LogP contribution in [0.5, 0.6) is 0 Å². The molecule has 0 radical (unpaired) electrons. The van der Waals surface area contributed by atoms with Crippen LogP contribution in [0.3, 0.4) is 0 Å². The summed E-state index contributed by atoms with van der Waals surface area (Å²) in [5.41, 5.74) is 0.925. The minimum absolute atomic E-state index is 0.0208. The topological polar surface area (TPSA) is 91.8 Å². The van der Waals surface area contributed by atoms with Gasteiger partial charge in [0.05, 0.1) is 11.3 Å². The van der Waals surface area contributed by atoms with Gasteiger partial charge in [0.15, 0.2) is 0 Å². The third-order valence-corrected chi connectivity index (χ3v) is 4.64. The van der Waals surface area contributed by atoms with Gasteiger partial charge in [0, 0.05) is 19.5 Å². The first kappa shape index (κ1) is 20.6. The Hall–Kier alpha value is -1.38. The van der Waals surface area contributed by atoms with Gasteiger partial charge in [-0.25, -0.2) is 8.42 Å². The van der Waals surface area contributed by atoms with Crippen LogP contribution in [0.4, 0.5) is 0 Å². The van der Waals surface area contributed by atoms with Crippen molar-refractivity contribution in [2.75, 3.05) is 19.3 Å². The van der Waals surface area contributed by atoms with Crippen LogP contribution >= 0.6 is 12.6 Å². The lowest BCUT2D eigenvalue weighted by Gasteiger charge is -2.20. The van der Waals surface area contributed by atoms with Crippen molar-refractivity contribution in [1.82, 2.24) is 4.31 Å². The number of aldehydes is 1. The van der Waals surface area contributed by atoms with Gasteiger partial charge < -0.3 is 9.90 Å². The highest BCUT2D eigenvalue weighted by atomic mass is 32.2.